The van der Waals surface area contributed by atoms with Crippen LogP contribution in [0.1, 0.15) is 0 Å². The first kappa shape index (κ1) is 15.7. The van der Waals surface area contributed by atoms with Gasteiger partial charge in [0.25, 0.3) is 0 Å². The molecule has 0 saturated carbocycles. The first-order valence-corrected chi connectivity index (χ1v) is 1.91. The zero-order valence-electron chi connectivity index (χ0n) is 4.67. The Morgan fingerprint density at radius 3 is 1.57 bits per heavy atom. The van der Waals surface area contributed by atoms with E-state index in [-0.39, 0.29) is 29.6 Å². The maximum atomic E-state index is 8.35. The maximum absolute atomic E-state index is 8.35. The molecule has 0 spiro atoms. The Kier molecular flexibility index (Phi) is 62.5. The molecule has 0 atom stereocenters. The van der Waals surface area contributed by atoms with Crippen molar-refractivity contribution < 1.29 is 43.8 Å². The van der Waals surface area contributed by atoms with Crippen LogP contribution in [0.2, 0.25) is 0 Å². The van der Waals surface area contributed by atoms with Crippen LogP contribution in [0.4, 0.5) is 0 Å². The Hall–Kier alpha value is 1.02. The third-order valence-corrected chi connectivity index (χ3v) is 0. The van der Waals surface area contributed by atoms with Crippen molar-refractivity contribution in [3.05, 3.63) is 0 Å². The summed E-state index contributed by atoms with van der Waals surface area (Å²) >= 11 is 0. The van der Waals surface area contributed by atoms with Gasteiger partial charge in [0.1, 0.15) is 0 Å². The van der Waals surface area contributed by atoms with Crippen LogP contribution >= 0.6 is 8.69 Å². The van der Waals surface area contributed by atoms with Gasteiger partial charge in [0.2, 0.25) is 0 Å². The molecule has 0 aliphatic heterocycles. The summed E-state index contributed by atoms with van der Waals surface area (Å²) in [6.07, 6.45) is 0. The van der Waals surface area contributed by atoms with Gasteiger partial charge in [-0.2, -0.15) is 0 Å². The topological polar surface area (TPSA) is 49.4 Å². The Morgan fingerprint density at radius 1 is 1.57 bits per heavy atom. The molecule has 0 heterocycles. The van der Waals surface area contributed by atoms with Gasteiger partial charge in [-0.05, 0) is 0 Å². The quantitative estimate of drug-likeness (QED) is 0.258. The second-order valence-corrected chi connectivity index (χ2v) is 0.632. The Labute approximate surface area is 66.6 Å². The molecular weight excluding hydrogens is 126 g/mol. The van der Waals surface area contributed by atoms with Gasteiger partial charge in [-0.15, -0.1) is 0 Å². The van der Waals surface area contributed by atoms with Crippen molar-refractivity contribution in [2.45, 2.75) is 0 Å². The van der Waals surface area contributed by atoms with E-state index in [1.54, 1.807) is 14.2 Å². The Bertz CT molecular complexity index is 26.9. The zero-order chi connectivity index (χ0) is 5.41. The fourth-order valence-electron chi connectivity index (χ4n) is 0. The van der Waals surface area contributed by atoms with E-state index < -0.39 is 8.69 Å². The number of methoxy groups -OCH3 is 1. The van der Waals surface area contributed by atoms with Gasteiger partial charge in [0.15, 0.2) is 0 Å². The number of ether oxygens (including phenoxy) is 1. The van der Waals surface area contributed by atoms with E-state index in [1.165, 1.54) is 0 Å². The van der Waals surface area contributed by atoms with E-state index in [4.69, 9.17) is 9.46 Å². The van der Waals surface area contributed by atoms with Crippen molar-refractivity contribution in [2.75, 3.05) is 14.2 Å². The molecule has 38 valence electrons. The summed E-state index contributed by atoms with van der Waals surface area (Å²) in [6.45, 7) is 0. The summed E-state index contributed by atoms with van der Waals surface area (Å²) in [5.74, 6) is 0. The van der Waals surface area contributed by atoms with Crippen LogP contribution in [0.15, 0.2) is 0 Å². The molecule has 0 aromatic heterocycles. The molecule has 0 fully saturated rings. The second kappa shape index (κ2) is 27.9. The average molecular weight is 132 g/mol. The summed E-state index contributed by atoms with van der Waals surface area (Å²) in [4.78, 5) is 8.35. The molecule has 0 saturated heterocycles. The van der Waals surface area contributed by atoms with Gasteiger partial charge in [-0.1, -0.05) is 0 Å². The third kappa shape index (κ3) is 170. The summed E-state index contributed by atoms with van der Waals surface area (Å²) in [5, 5.41) is 0. The molecule has 0 N–H and O–H groups in total. The molecule has 0 amide bonds. The summed E-state index contributed by atoms with van der Waals surface area (Å²) in [5.41, 5.74) is 0. The molecule has 0 aromatic rings. The van der Waals surface area contributed by atoms with E-state index >= 15 is 0 Å². The van der Waals surface area contributed by atoms with E-state index in [1.807, 2.05) is 0 Å². The Balaban J connectivity index is -0.0000000400. The van der Waals surface area contributed by atoms with Gasteiger partial charge >= 0.3 is 29.6 Å². The molecule has 3 nitrogen and oxygen atoms in total. The molecular formula is C2H6NaO3P. The molecule has 0 aromatic carbocycles. The van der Waals surface area contributed by atoms with Crippen LogP contribution in [0.25, 0.3) is 0 Å². The minimum atomic E-state index is -1.08. The van der Waals surface area contributed by atoms with E-state index in [0.29, 0.717) is 0 Å². The number of hydrogen-bond donors (Lipinski definition) is 0. The SMILES string of the molecule is COC.O=P[O-].[Na+]. The molecule has 0 bridgehead atoms. The van der Waals surface area contributed by atoms with Crippen LogP contribution < -0.4 is 34.5 Å². The molecule has 0 radical (unpaired) electrons. The van der Waals surface area contributed by atoms with Gasteiger partial charge in [0, 0.05) is 14.2 Å². The van der Waals surface area contributed by atoms with Crippen molar-refractivity contribution in [3.8, 4) is 0 Å². The van der Waals surface area contributed by atoms with Crippen molar-refractivity contribution in [3.63, 3.8) is 0 Å². The van der Waals surface area contributed by atoms with Crippen molar-refractivity contribution in [1.82, 2.24) is 0 Å². The van der Waals surface area contributed by atoms with Crippen molar-refractivity contribution >= 4 is 8.69 Å². The summed E-state index contributed by atoms with van der Waals surface area (Å²) < 4.78 is 12.6. The normalized spacial score (nSPS) is 5.57. The minimum Gasteiger partial charge on any atom is -0.772 e. The fraction of sp³-hybridized carbons (Fsp3) is 1.00. The Morgan fingerprint density at radius 2 is 1.57 bits per heavy atom. The van der Waals surface area contributed by atoms with E-state index in [2.05, 4.69) is 4.74 Å². The fourth-order valence-corrected chi connectivity index (χ4v) is 0. The average Bonchev–Trinajstić information content (AvgIpc) is 1.39. The standard InChI is InChI=1S/C2H6O.Na.HO2P/c1-3-2;;1-3-2/h1-2H3;;(H,1,2)/q;+1;/p-1. The predicted octanol–water partition coefficient (Wildman–Crippen LogP) is -3.18. The summed E-state index contributed by atoms with van der Waals surface area (Å²) in [6, 6.07) is 0. The van der Waals surface area contributed by atoms with Crippen molar-refractivity contribution in [2.24, 2.45) is 0 Å². The van der Waals surface area contributed by atoms with Gasteiger partial charge in [-0.3, -0.25) is 4.57 Å². The van der Waals surface area contributed by atoms with E-state index in [9.17, 15) is 0 Å². The van der Waals surface area contributed by atoms with Gasteiger partial charge < -0.3 is 9.63 Å². The maximum Gasteiger partial charge on any atom is 1.00 e. The zero-order valence-corrected chi connectivity index (χ0v) is 7.57. The van der Waals surface area contributed by atoms with Gasteiger partial charge in [0.05, 0.1) is 8.69 Å². The minimum absolute atomic E-state index is 0. The molecule has 0 unspecified atom stereocenters. The largest absolute Gasteiger partial charge is 1.00 e. The van der Waals surface area contributed by atoms with Gasteiger partial charge in [-0.25, -0.2) is 0 Å². The molecule has 5 heteroatoms. The smallest absolute Gasteiger partial charge is 0.772 e. The number of hydrogen-bond acceptors (Lipinski definition) is 3. The summed E-state index contributed by atoms with van der Waals surface area (Å²) in [7, 11) is 2.17. The first-order valence-electron chi connectivity index (χ1n) is 1.18. The molecule has 0 rings (SSSR count). The molecule has 7 heavy (non-hydrogen) atoms. The van der Waals surface area contributed by atoms with Crippen LogP contribution in [0.3, 0.4) is 0 Å². The predicted molar refractivity (Wildman–Crippen MR) is 20.5 cm³/mol. The third-order valence-electron chi connectivity index (χ3n) is 0. The second-order valence-electron chi connectivity index (χ2n) is 0.483. The van der Waals surface area contributed by atoms with Crippen LogP contribution in [0.5, 0.6) is 0 Å². The number of rotatable bonds is 0. The first-order chi connectivity index (χ1) is 2.83. The monoisotopic (exact) mass is 132 g/mol. The van der Waals surface area contributed by atoms with Crippen LogP contribution in [-0.4, -0.2) is 14.2 Å². The van der Waals surface area contributed by atoms with Crippen molar-refractivity contribution in [1.29, 1.82) is 0 Å². The molecule has 0 aliphatic rings. The molecule has 0 aliphatic carbocycles. The van der Waals surface area contributed by atoms with Crippen LogP contribution in [0, 0.1) is 0 Å². The van der Waals surface area contributed by atoms with E-state index in [0.717, 1.165) is 0 Å². The van der Waals surface area contributed by atoms with Crippen LogP contribution in [-0.2, 0) is 9.30 Å².